The molecule has 0 radical (unpaired) electrons. The highest BCUT2D eigenvalue weighted by molar-refractivity contribution is 5.31. The average molecular weight is 215 g/mol. The summed E-state index contributed by atoms with van der Waals surface area (Å²) < 4.78 is 5.63. The van der Waals surface area contributed by atoms with E-state index in [1.165, 1.54) is 6.07 Å². The van der Waals surface area contributed by atoms with Gasteiger partial charge in [-0.25, -0.2) is 0 Å². The van der Waals surface area contributed by atoms with E-state index in [1.807, 2.05) is 37.3 Å². The average Bonchev–Trinajstić information content (AvgIpc) is 2.31. The molecule has 0 spiro atoms. The van der Waals surface area contributed by atoms with Crippen LogP contribution in [0.15, 0.2) is 47.4 Å². The van der Waals surface area contributed by atoms with Crippen molar-refractivity contribution in [3.63, 3.8) is 0 Å². The number of rotatable bonds is 3. The molecule has 1 aromatic carbocycles. The third kappa shape index (κ3) is 2.14. The predicted octanol–water partition coefficient (Wildman–Crippen LogP) is 2.73. The number of ether oxygens (including phenoxy) is 1. The normalized spacial score (nSPS) is 10.1. The van der Waals surface area contributed by atoms with Crippen molar-refractivity contribution in [3.05, 3.63) is 58.4 Å². The van der Waals surface area contributed by atoms with Crippen LogP contribution < -0.4 is 10.2 Å². The van der Waals surface area contributed by atoms with E-state index < -0.39 is 0 Å². The molecule has 0 saturated carbocycles. The van der Waals surface area contributed by atoms with E-state index in [2.05, 4.69) is 4.98 Å². The zero-order valence-electron chi connectivity index (χ0n) is 9.07. The SMILES string of the molecule is CCc1c(Oc2ccccc2)[nH]ccc1=O. The molecule has 3 heteroatoms. The van der Waals surface area contributed by atoms with Crippen molar-refractivity contribution >= 4 is 0 Å². The minimum atomic E-state index is 0.00665. The van der Waals surface area contributed by atoms with Gasteiger partial charge in [-0.05, 0) is 18.6 Å². The largest absolute Gasteiger partial charge is 0.441 e. The molecule has 0 saturated heterocycles. The monoisotopic (exact) mass is 215 g/mol. The van der Waals surface area contributed by atoms with Crippen LogP contribution in [0.25, 0.3) is 0 Å². The zero-order chi connectivity index (χ0) is 11.4. The summed E-state index contributed by atoms with van der Waals surface area (Å²) in [6.45, 7) is 1.93. The van der Waals surface area contributed by atoms with Gasteiger partial charge in [-0.2, -0.15) is 0 Å². The van der Waals surface area contributed by atoms with Crippen molar-refractivity contribution in [2.45, 2.75) is 13.3 Å². The molecule has 2 rings (SSSR count). The summed E-state index contributed by atoms with van der Waals surface area (Å²) in [5, 5.41) is 0. The first-order chi connectivity index (χ1) is 7.81. The molecule has 2 aromatic rings. The minimum absolute atomic E-state index is 0.00665. The number of H-pyrrole nitrogens is 1. The third-order valence-corrected chi connectivity index (χ3v) is 2.34. The van der Waals surface area contributed by atoms with Crippen molar-refractivity contribution < 1.29 is 4.74 Å². The van der Waals surface area contributed by atoms with Crippen molar-refractivity contribution in [2.24, 2.45) is 0 Å². The van der Waals surface area contributed by atoms with E-state index in [1.54, 1.807) is 6.20 Å². The zero-order valence-corrected chi connectivity index (χ0v) is 9.07. The molecule has 0 bridgehead atoms. The van der Waals surface area contributed by atoms with Gasteiger partial charge in [0, 0.05) is 12.3 Å². The van der Waals surface area contributed by atoms with Crippen LogP contribution in [0.5, 0.6) is 11.6 Å². The number of pyridine rings is 1. The van der Waals surface area contributed by atoms with Crippen LogP contribution in [-0.4, -0.2) is 4.98 Å². The minimum Gasteiger partial charge on any atom is -0.441 e. The summed E-state index contributed by atoms with van der Waals surface area (Å²) in [6.07, 6.45) is 2.25. The second-order valence-electron chi connectivity index (χ2n) is 3.42. The molecule has 0 aliphatic heterocycles. The van der Waals surface area contributed by atoms with Gasteiger partial charge in [-0.3, -0.25) is 4.79 Å². The Morgan fingerprint density at radius 2 is 1.94 bits per heavy atom. The lowest BCUT2D eigenvalue weighted by molar-refractivity contribution is 0.456. The quantitative estimate of drug-likeness (QED) is 0.855. The van der Waals surface area contributed by atoms with Crippen molar-refractivity contribution in [1.82, 2.24) is 4.98 Å². The number of nitrogens with one attached hydrogen (secondary N) is 1. The van der Waals surface area contributed by atoms with E-state index in [-0.39, 0.29) is 5.43 Å². The van der Waals surface area contributed by atoms with Gasteiger partial charge in [0.15, 0.2) is 5.43 Å². The van der Waals surface area contributed by atoms with E-state index >= 15 is 0 Å². The van der Waals surface area contributed by atoms with Crippen LogP contribution in [0, 0.1) is 0 Å². The smallest absolute Gasteiger partial charge is 0.204 e. The van der Waals surface area contributed by atoms with E-state index in [4.69, 9.17) is 4.74 Å². The molecule has 0 aliphatic carbocycles. The van der Waals surface area contributed by atoms with Crippen LogP contribution in [0.4, 0.5) is 0 Å². The maximum absolute atomic E-state index is 11.6. The summed E-state index contributed by atoms with van der Waals surface area (Å²) in [4.78, 5) is 14.5. The Balaban J connectivity index is 2.35. The number of para-hydroxylation sites is 1. The van der Waals surface area contributed by atoms with Gasteiger partial charge in [-0.15, -0.1) is 0 Å². The first-order valence-electron chi connectivity index (χ1n) is 5.24. The van der Waals surface area contributed by atoms with Gasteiger partial charge < -0.3 is 9.72 Å². The second kappa shape index (κ2) is 4.66. The number of aromatic amines is 1. The Bertz CT molecular complexity index is 517. The standard InChI is InChI=1S/C13H13NO2/c1-2-11-12(15)8-9-14-13(11)16-10-6-4-3-5-7-10/h3-9H,2H2,1H3,(H,14,15). The highest BCUT2D eigenvalue weighted by atomic mass is 16.5. The molecule has 1 N–H and O–H groups in total. The number of aromatic nitrogens is 1. The van der Waals surface area contributed by atoms with Gasteiger partial charge in [0.25, 0.3) is 0 Å². The number of hydrogen-bond donors (Lipinski definition) is 1. The molecule has 0 fully saturated rings. The molecular formula is C13H13NO2. The van der Waals surface area contributed by atoms with Crippen LogP contribution in [0.2, 0.25) is 0 Å². The second-order valence-corrected chi connectivity index (χ2v) is 3.42. The molecule has 0 aliphatic rings. The summed E-state index contributed by atoms with van der Waals surface area (Å²) in [7, 11) is 0. The molecule has 1 heterocycles. The highest BCUT2D eigenvalue weighted by Gasteiger charge is 2.06. The molecule has 0 atom stereocenters. The van der Waals surface area contributed by atoms with Gasteiger partial charge in [0.1, 0.15) is 5.75 Å². The van der Waals surface area contributed by atoms with E-state index in [9.17, 15) is 4.79 Å². The third-order valence-electron chi connectivity index (χ3n) is 2.34. The first kappa shape index (κ1) is 10.5. The van der Waals surface area contributed by atoms with Gasteiger partial charge in [0.2, 0.25) is 5.88 Å². The molecule has 16 heavy (non-hydrogen) atoms. The molecule has 0 amide bonds. The molecule has 82 valence electrons. The summed E-state index contributed by atoms with van der Waals surface area (Å²) in [6, 6.07) is 10.9. The highest BCUT2D eigenvalue weighted by Crippen LogP contribution is 2.20. The lowest BCUT2D eigenvalue weighted by atomic mass is 10.2. The Hall–Kier alpha value is -2.03. The van der Waals surface area contributed by atoms with Gasteiger partial charge in [-0.1, -0.05) is 25.1 Å². The molecular weight excluding hydrogens is 202 g/mol. The summed E-state index contributed by atoms with van der Waals surface area (Å²) in [5.74, 6) is 1.25. The number of hydrogen-bond acceptors (Lipinski definition) is 2. The summed E-state index contributed by atoms with van der Waals surface area (Å²) >= 11 is 0. The lowest BCUT2D eigenvalue weighted by Gasteiger charge is -2.08. The molecule has 3 nitrogen and oxygen atoms in total. The summed E-state index contributed by atoms with van der Waals surface area (Å²) in [5.41, 5.74) is 0.679. The Labute approximate surface area is 93.7 Å². The lowest BCUT2D eigenvalue weighted by Crippen LogP contribution is -2.09. The fraction of sp³-hybridized carbons (Fsp3) is 0.154. The van der Waals surface area contributed by atoms with E-state index in [0.717, 1.165) is 5.75 Å². The van der Waals surface area contributed by atoms with Crippen LogP contribution in [0.1, 0.15) is 12.5 Å². The van der Waals surface area contributed by atoms with Gasteiger partial charge in [0.05, 0.1) is 5.56 Å². The fourth-order valence-electron chi connectivity index (χ4n) is 1.52. The predicted molar refractivity (Wildman–Crippen MR) is 63.0 cm³/mol. The molecule has 0 unspecified atom stereocenters. The maximum Gasteiger partial charge on any atom is 0.204 e. The van der Waals surface area contributed by atoms with E-state index in [0.29, 0.717) is 17.9 Å². The van der Waals surface area contributed by atoms with Crippen LogP contribution in [0.3, 0.4) is 0 Å². The van der Waals surface area contributed by atoms with Crippen molar-refractivity contribution in [2.75, 3.05) is 0 Å². The van der Waals surface area contributed by atoms with Crippen molar-refractivity contribution in [3.8, 4) is 11.6 Å². The Kier molecular flexibility index (Phi) is 3.05. The maximum atomic E-state index is 11.6. The van der Waals surface area contributed by atoms with Crippen LogP contribution >= 0.6 is 0 Å². The number of benzene rings is 1. The van der Waals surface area contributed by atoms with Crippen LogP contribution in [-0.2, 0) is 6.42 Å². The Morgan fingerprint density at radius 1 is 1.19 bits per heavy atom. The first-order valence-corrected chi connectivity index (χ1v) is 5.24. The Morgan fingerprint density at radius 3 is 2.62 bits per heavy atom. The fourth-order valence-corrected chi connectivity index (χ4v) is 1.52. The van der Waals surface area contributed by atoms with Gasteiger partial charge >= 0.3 is 0 Å². The topological polar surface area (TPSA) is 42.1 Å². The van der Waals surface area contributed by atoms with Crippen molar-refractivity contribution in [1.29, 1.82) is 0 Å². The molecule has 1 aromatic heterocycles.